The maximum atomic E-state index is 10.9. The van der Waals surface area contributed by atoms with Crippen molar-refractivity contribution in [3.05, 3.63) is 48.0 Å². The summed E-state index contributed by atoms with van der Waals surface area (Å²) in [6.07, 6.45) is 1.38. The maximum Gasteiger partial charge on any atom is 0.350 e. The number of hydrogen-bond donors (Lipinski definition) is 1. The van der Waals surface area contributed by atoms with E-state index in [4.69, 9.17) is 5.11 Å². The Bertz CT molecular complexity index is 626. The van der Waals surface area contributed by atoms with Crippen molar-refractivity contribution >= 4 is 28.9 Å². The molecule has 0 unspecified atom stereocenters. The van der Waals surface area contributed by atoms with Gasteiger partial charge in [-0.15, -0.1) is 0 Å². The number of carbonyl (C=O) groups excluding carboxylic acids is 1. The number of aliphatic imine (C=N–C) groups is 1. The molecule has 4 heteroatoms. The number of nitrogens with zero attached hydrogens (tertiary/aromatic N) is 1. The van der Waals surface area contributed by atoms with Crippen molar-refractivity contribution in [1.82, 2.24) is 0 Å². The normalized spacial score (nSPS) is 11.4. The van der Waals surface area contributed by atoms with Gasteiger partial charge in [0.25, 0.3) is 0 Å². The minimum Gasteiger partial charge on any atom is -0.477 e. The minimum absolute atomic E-state index is 0.103. The van der Waals surface area contributed by atoms with Crippen LogP contribution < -0.4 is 0 Å². The molecule has 0 atom stereocenters. The van der Waals surface area contributed by atoms with Gasteiger partial charge < -0.3 is 5.11 Å². The number of fused-ring (bicyclic) bond motifs is 1. The number of hydrogen-bond acceptors (Lipinski definition) is 2. The summed E-state index contributed by atoms with van der Waals surface area (Å²) >= 11 is 0. The van der Waals surface area contributed by atoms with Crippen molar-refractivity contribution in [3.8, 4) is 0 Å². The Labute approximate surface area is 104 Å². The summed E-state index contributed by atoms with van der Waals surface area (Å²) in [5.41, 5.74) is 0.617. The van der Waals surface area contributed by atoms with Gasteiger partial charge in [-0.3, -0.25) is 4.79 Å². The third-order valence-electron chi connectivity index (χ3n) is 2.67. The van der Waals surface area contributed by atoms with Crippen LogP contribution in [0.4, 0.5) is 0 Å². The van der Waals surface area contributed by atoms with Gasteiger partial charge in [0.15, 0.2) is 0 Å². The Hall–Kier alpha value is -2.49. The van der Waals surface area contributed by atoms with E-state index in [9.17, 15) is 9.59 Å². The smallest absolute Gasteiger partial charge is 0.350 e. The first-order chi connectivity index (χ1) is 8.72. The number of carbonyl (C=O) groups is 1. The molecule has 0 bridgehead atoms. The lowest BCUT2D eigenvalue weighted by atomic mass is 10.0. The molecule has 2 rings (SSSR count). The summed E-state index contributed by atoms with van der Waals surface area (Å²) in [6, 6.07) is 13.3. The molecule has 0 spiro atoms. The Morgan fingerprint density at radius 2 is 1.89 bits per heavy atom. The zero-order chi connectivity index (χ0) is 13.0. The molecule has 1 radical (unpaired) electrons. The van der Waals surface area contributed by atoms with Gasteiger partial charge in [-0.25, -0.2) is 9.79 Å². The van der Waals surface area contributed by atoms with Crippen molar-refractivity contribution in [2.75, 3.05) is 0 Å². The van der Waals surface area contributed by atoms with Crippen molar-refractivity contribution < 1.29 is 14.7 Å². The van der Waals surface area contributed by atoms with Gasteiger partial charge in [0.2, 0.25) is 0 Å². The zero-order valence-corrected chi connectivity index (χ0v) is 9.46. The van der Waals surface area contributed by atoms with Gasteiger partial charge in [-0.2, -0.15) is 0 Å². The molecule has 18 heavy (non-hydrogen) atoms. The molecule has 1 amide bonds. The average molecular weight is 240 g/mol. The van der Waals surface area contributed by atoms with Crippen LogP contribution in [0.15, 0.2) is 47.5 Å². The second kappa shape index (κ2) is 5.23. The summed E-state index contributed by atoms with van der Waals surface area (Å²) in [4.78, 5) is 24.4. The highest BCUT2D eigenvalue weighted by Crippen LogP contribution is 2.19. The van der Waals surface area contributed by atoms with E-state index in [2.05, 4.69) is 4.99 Å². The van der Waals surface area contributed by atoms with E-state index in [-0.39, 0.29) is 12.1 Å². The SMILES string of the molecule is O=[C]N=C(Cc1cccc2ccccc12)C(=O)O. The fraction of sp³-hybridized carbons (Fsp3) is 0.0714. The van der Waals surface area contributed by atoms with E-state index in [1.807, 2.05) is 42.5 Å². The van der Waals surface area contributed by atoms with Crippen LogP contribution in [-0.2, 0) is 16.0 Å². The monoisotopic (exact) mass is 240 g/mol. The zero-order valence-electron chi connectivity index (χ0n) is 9.46. The van der Waals surface area contributed by atoms with Crippen LogP contribution in [0.25, 0.3) is 10.8 Å². The molecule has 0 aromatic heterocycles. The van der Waals surface area contributed by atoms with Crippen LogP contribution in [0.1, 0.15) is 5.56 Å². The summed E-state index contributed by atoms with van der Waals surface area (Å²) < 4.78 is 0. The number of benzene rings is 2. The largest absolute Gasteiger partial charge is 0.477 e. The number of carboxylic acid groups (broad SMARTS) is 1. The minimum atomic E-state index is -1.20. The van der Waals surface area contributed by atoms with E-state index < -0.39 is 5.97 Å². The quantitative estimate of drug-likeness (QED) is 0.831. The second-order valence-corrected chi connectivity index (χ2v) is 3.77. The lowest BCUT2D eigenvalue weighted by Crippen LogP contribution is -2.16. The number of amides is 1. The first-order valence-electron chi connectivity index (χ1n) is 5.36. The van der Waals surface area contributed by atoms with Gasteiger partial charge >= 0.3 is 12.4 Å². The Morgan fingerprint density at radius 3 is 2.61 bits per heavy atom. The summed E-state index contributed by atoms with van der Waals surface area (Å²) in [5.74, 6) is -1.20. The molecule has 0 heterocycles. The van der Waals surface area contributed by atoms with Crippen molar-refractivity contribution in [1.29, 1.82) is 0 Å². The molecule has 0 saturated carbocycles. The molecule has 0 fully saturated rings. The van der Waals surface area contributed by atoms with Crippen LogP contribution in [-0.4, -0.2) is 23.2 Å². The van der Waals surface area contributed by atoms with Crippen LogP contribution in [0.3, 0.4) is 0 Å². The van der Waals surface area contributed by atoms with E-state index in [0.717, 1.165) is 16.3 Å². The highest BCUT2D eigenvalue weighted by molar-refractivity contribution is 6.37. The second-order valence-electron chi connectivity index (χ2n) is 3.77. The van der Waals surface area contributed by atoms with Crippen LogP contribution in [0.5, 0.6) is 0 Å². The molecule has 0 saturated heterocycles. The molecule has 0 aliphatic carbocycles. The first-order valence-corrected chi connectivity index (χ1v) is 5.36. The molecule has 2 aromatic rings. The van der Waals surface area contributed by atoms with Crippen LogP contribution in [0.2, 0.25) is 0 Å². The van der Waals surface area contributed by atoms with Gasteiger partial charge in [0.05, 0.1) is 0 Å². The number of carboxylic acids is 1. The van der Waals surface area contributed by atoms with Gasteiger partial charge in [-0.1, -0.05) is 42.5 Å². The van der Waals surface area contributed by atoms with Gasteiger partial charge in [-0.05, 0) is 16.3 Å². The lowest BCUT2D eigenvalue weighted by Gasteiger charge is -2.05. The standard InChI is InChI=1S/C14H10NO3/c16-9-15-13(14(17)18)8-11-6-3-5-10-4-1-2-7-12(10)11/h1-7H,8H2,(H,17,18). The third-order valence-corrected chi connectivity index (χ3v) is 2.67. The van der Waals surface area contributed by atoms with E-state index >= 15 is 0 Å². The van der Waals surface area contributed by atoms with E-state index in [0.29, 0.717) is 0 Å². The molecule has 0 aliphatic rings. The molecular weight excluding hydrogens is 230 g/mol. The van der Waals surface area contributed by atoms with Gasteiger partial charge in [0.1, 0.15) is 5.71 Å². The fourth-order valence-electron chi connectivity index (χ4n) is 1.85. The molecule has 2 aromatic carbocycles. The van der Waals surface area contributed by atoms with Crippen molar-refractivity contribution in [2.24, 2.45) is 4.99 Å². The summed E-state index contributed by atoms with van der Waals surface area (Å²) in [6.45, 7) is 0. The molecule has 4 nitrogen and oxygen atoms in total. The fourth-order valence-corrected chi connectivity index (χ4v) is 1.85. The molecule has 0 aliphatic heterocycles. The molecule has 1 N–H and O–H groups in total. The lowest BCUT2D eigenvalue weighted by molar-refractivity contribution is -0.129. The number of rotatable bonds is 4. The molecular formula is C14H10NO3. The average Bonchev–Trinajstić information content (AvgIpc) is 2.38. The third kappa shape index (κ3) is 2.43. The van der Waals surface area contributed by atoms with E-state index in [1.54, 1.807) is 0 Å². The van der Waals surface area contributed by atoms with Crippen molar-refractivity contribution in [2.45, 2.75) is 6.42 Å². The Balaban J connectivity index is 2.46. The number of aliphatic carboxylic acids is 1. The first kappa shape index (κ1) is 12.0. The van der Waals surface area contributed by atoms with Gasteiger partial charge in [0, 0.05) is 6.42 Å². The van der Waals surface area contributed by atoms with Crippen LogP contribution >= 0.6 is 0 Å². The summed E-state index contributed by atoms with van der Waals surface area (Å²) in [5, 5.41) is 10.9. The van der Waals surface area contributed by atoms with Crippen LogP contribution in [0, 0.1) is 0 Å². The summed E-state index contributed by atoms with van der Waals surface area (Å²) in [7, 11) is 0. The molecule has 89 valence electrons. The Kier molecular flexibility index (Phi) is 3.48. The predicted molar refractivity (Wildman–Crippen MR) is 68.4 cm³/mol. The topological polar surface area (TPSA) is 66.7 Å². The predicted octanol–water partition coefficient (Wildman–Crippen LogP) is 1.98. The van der Waals surface area contributed by atoms with E-state index in [1.165, 1.54) is 6.41 Å². The maximum absolute atomic E-state index is 10.9. The Morgan fingerprint density at radius 1 is 1.17 bits per heavy atom. The van der Waals surface area contributed by atoms with Crippen molar-refractivity contribution in [3.63, 3.8) is 0 Å². The highest BCUT2D eigenvalue weighted by Gasteiger charge is 2.12. The highest BCUT2D eigenvalue weighted by atomic mass is 16.4.